The fourth-order valence-corrected chi connectivity index (χ4v) is 6.64. The van der Waals surface area contributed by atoms with E-state index in [-0.39, 0.29) is 65.9 Å². The molecule has 2 aromatic carbocycles. The molecule has 2 heterocycles. The minimum atomic E-state index is -3.18. The second-order valence-corrected chi connectivity index (χ2v) is 11.8. The van der Waals surface area contributed by atoms with Crippen LogP contribution in [0.4, 0.5) is 8.78 Å². The highest BCUT2D eigenvalue weighted by Gasteiger charge is 2.45. The Morgan fingerprint density at radius 1 is 1.21 bits per heavy atom. The number of rotatable bonds is 3. The predicted octanol–water partition coefficient (Wildman–Crippen LogP) is 4.64. The zero-order valence-corrected chi connectivity index (χ0v) is 21.0. The van der Waals surface area contributed by atoms with Crippen LogP contribution in [0.15, 0.2) is 36.4 Å². The van der Waals surface area contributed by atoms with Crippen molar-refractivity contribution >= 4 is 45.7 Å². The number of nitrogens with one attached hydrogen (secondary N) is 2. The summed E-state index contributed by atoms with van der Waals surface area (Å²) in [5.74, 6) is -1.92. The molecule has 0 aliphatic carbocycles. The number of carbonyl (C=O) groups is 1. The molecule has 0 radical (unpaired) electrons. The van der Waals surface area contributed by atoms with Crippen LogP contribution in [0.2, 0.25) is 5.02 Å². The van der Waals surface area contributed by atoms with Crippen LogP contribution in [-0.2, 0) is 20.2 Å². The largest absolute Gasteiger partial charge is 0.346 e. The Kier molecular flexibility index (Phi) is 7.32. The van der Waals surface area contributed by atoms with E-state index in [1.165, 1.54) is 11.0 Å². The van der Waals surface area contributed by atoms with Gasteiger partial charge in [-0.15, -0.1) is 12.4 Å². The number of guanidine groups is 1. The van der Waals surface area contributed by atoms with Crippen LogP contribution in [0, 0.1) is 17.0 Å². The molecule has 34 heavy (non-hydrogen) atoms. The number of halogens is 4. The summed E-state index contributed by atoms with van der Waals surface area (Å²) in [7, 11) is -3.18. The third-order valence-corrected chi connectivity index (χ3v) is 9.17. The summed E-state index contributed by atoms with van der Waals surface area (Å²) < 4.78 is 51.9. The Labute approximate surface area is 208 Å². The van der Waals surface area contributed by atoms with Gasteiger partial charge in [0.2, 0.25) is 5.91 Å². The summed E-state index contributed by atoms with van der Waals surface area (Å²) in [5.41, 5.74) is -0.0612. The van der Waals surface area contributed by atoms with Gasteiger partial charge in [-0.25, -0.2) is 17.2 Å². The van der Waals surface area contributed by atoms with Crippen LogP contribution in [0.3, 0.4) is 0 Å². The molecule has 184 valence electrons. The standard InChI is InChI=1S/C23H24ClF2N3O3S.ClH/c1-13-10-15(8-9-33(13,31)32)29-20(30)12-23(2,28-22(29)27)18-5-3-4-17(21(18)24)16-7-6-14(25)11-19(16)26;/h3-7,11,13,15H,8-10,12H2,1-2H3,(H2,27,28);1H/t13-,15-,23-;/m0./s1. The van der Waals surface area contributed by atoms with Crippen LogP contribution in [-0.4, -0.2) is 42.2 Å². The van der Waals surface area contributed by atoms with E-state index in [1.54, 1.807) is 32.0 Å². The second-order valence-electron chi connectivity index (χ2n) is 8.89. The first-order chi connectivity index (χ1) is 15.4. The van der Waals surface area contributed by atoms with E-state index in [0.29, 0.717) is 11.1 Å². The van der Waals surface area contributed by atoms with Crippen LogP contribution in [0.25, 0.3) is 11.1 Å². The van der Waals surface area contributed by atoms with E-state index in [4.69, 9.17) is 17.0 Å². The number of carbonyl (C=O) groups excluding carboxylic acids is 1. The van der Waals surface area contributed by atoms with E-state index >= 15 is 0 Å². The van der Waals surface area contributed by atoms with Gasteiger partial charge in [0.25, 0.3) is 0 Å². The minimum absolute atomic E-state index is 0. The maximum Gasteiger partial charge on any atom is 0.232 e. The molecule has 11 heteroatoms. The summed E-state index contributed by atoms with van der Waals surface area (Å²) >= 11 is 6.65. The zero-order chi connectivity index (χ0) is 24.1. The molecule has 4 rings (SSSR count). The predicted molar refractivity (Wildman–Crippen MR) is 130 cm³/mol. The molecule has 6 nitrogen and oxygen atoms in total. The molecule has 2 fully saturated rings. The van der Waals surface area contributed by atoms with E-state index in [0.717, 1.165) is 12.1 Å². The van der Waals surface area contributed by atoms with Gasteiger partial charge in [-0.1, -0.05) is 29.8 Å². The maximum atomic E-state index is 14.4. The van der Waals surface area contributed by atoms with Crippen molar-refractivity contribution in [1.29, 1.82) is 5.41 Å². The van der Waals surface area contributed by atoms with Crippen LogP contribution in [0.1, 0.15) is 38.7 Å². The van der Waals surface area contributed by atoms with Gasteiger partial charge in [-0.3, -0.25) is 15.1 Å². The van der Waals surface area contributed by atoms with Crippen molar-refractivity contribution in [3.8, 4) is 11.1 Å². The van der Waals surface area contributed by atoms with Gasteiger partial charge in [-0.05, 0) is 44.4 Å². The van der Waals surface area contributed by atoms with Gasteiger partial charge in [0.05, 0.1) is 28.0 Å². The lowest BCUT2D eigenvalue weighted by Crippen LogP contribution is -2.63. The van der Waals surface area contributed by atoms with Crippen molar-refractivity contribution < 1.29 is 22.0 Å². The van der Waals surface area contributed by atoms with Gasteiger partial charge < -0.3 is 5.32 Å². The van der Waals surface area contributed by atoms with Crippen molar-refractivity contribution in [3.63, 3.8) is 0 Å². The Hall–Kier alpha value is -2.23. The number of hydrogen-bond donors (Lipinski definition) is 2. The molecule has 2 aliphatic rings. The monoisotopic (exact) mass is 531 g/mol. The smallest absolute Gasteiger partial charge is 0.232 e. The summed E-state index contributed by atoms with van der Waals surface area (Å²) in [6.45, 7) is 3.35. The number of benzene rings is 2. The summed E-state index contributed by atoms with van der Waals surface area (Å²) in [6.07, 6.45) is 0.524. The lowest BCUT2D eigenvalue weighted by molar-refractivity contribution is -0.132. The first kappa shape index (κ1) is 26.4. The molecule has 2 N–H and O–H groups in total. The maximum absolute atomic E-state index is 14.4. The Morgan fingerprint density at radius 3 is 2.53 bits per heavy atom. The van der Waals surface area contributed by atoms with Gasteiger partial charge in [0, 0.05) is 23.2 Å². The highest BCUT2D eigenvalue weighted by molar-refractivity contribution is 7.92. The summed E-state index contributed by atoms with van der Waals surface area (Å²) in [4.78, 5) is 14.5. The minimum Gasteiger partial charge on any atom is -0.346 e. The molecule has 0 unspecified atom stereocenters. The molecule has 0 aromatic heterocycles. The van der Waals surface area contributed by atoms with Crippen LogP contribution >= 0.6 is 24.0 Å². The van der Waals surface area contributed by atoms with Gasteiger partial charge in [0.15, 0.2) is 15.8 Å². The van der Waals surface area contributed by atoms with Crippen LogP contribution in [0.5, 0.6) is 0 Å². The average Bonchev–Trinajstić information content (AvgIpc) is 2.71. The Bertz CT molecular complexity index is 1240. The number of nitrogens with zero attached hydrogens (tertiary/aromatic N) is 1. The molecule has 2 aliphatic heterocycles. The highest BCUT2D eigenvalue weighted by Crippen LogP contribution is 2.40. The normalized spacial score (nSPS) is 26.6. The average molecular weight is 532 g/mol. The Balaban J connectivity index is 0.00000324. The van der Waals surface area contributed by atoms with Crippen molar-refractivity contribution in [3.05, 3.63) is 58.6 Å². The molecule has 2 saturated heterocycles. The third-order valence-electron chi connectivity index (χ3n) is 6.54. The van der Waals surface area contributed by atoms with Crippen molar-refractivity contribution in [2.45, 2.75) is 49.9 Å². The third kappa shape index (κ3) is 4.65. The van der Waals surface area contributed by atoms with E-state index < -0.39 is 32.3 Å². The van der Waals surface area contributed by atoms with Gasteiger partial charge >= 0.3 is 0 Å². The van der Waals surface area contributed by atoms with E-state index in [2.05, 4.69) is 5.32 Å². The zero-order valence-electron chi connectivity index (χ0n) is 18.6. The number of hydrogen-bond acceptors (Lipinski definition) is 4. The summed E-state index contributed by atoms with van der Waals surface area (Å²) in [5, 5.41) is 11.2. The highest BCUT2D eigenvalue weighted by atomic mass is 35.5. The quantitative estimate of drug-likeness (QED) is 0.603. The van der Waals surface area contributed by atoms with Crippen molar-refractivity contribution in [2.24, 2.45) is 0 Å². The molecule has 0 spiro atoms. The van der Waals surface area contributed by atoms with Crippen LogP contribution < -0.4 is 5.32 Å². The van der Waals surface area contributed by atoms with Crippen molar-refractivity contribution in [1.82, 2.24) is 10.2 Å². The molecular formula is C23H25Cl2F2N3O3S. The lowest BCUT2D eigenvalue weighted by atomic mass is 9.84. The molecular weight excluding hydrogens is 507 g/mol. The van der Waals surface area contributed by atoms with E-state index in [1.807, 2.05) is 0 Å². The first-order valence-corrected chi connectivity index (χ1v) is 12.7. The SMILES string of the molecule is C[C@H]1C[C@@H](N2C(=N)N[C@](C)(c3cccc(-c4ccc(F)cc4F)c3Cl)CC2=O)CCS1(=O)=O.Cl. The van der Waals surface area contributed by atoms with Gasteiger partial charge in [0.1, 0.15) is 11.6 Å². The molecule has 0 bridgehead atoms. The molecule has 1 amide bonds. The van der Waals surface area contributed by atoms with Gasteiger partial charge in [-0.2, -0.15) is 0 Å². The second kappa shape index (κ2) is 9.43. The van der Waals surface area contributed by atoms with Crippen molar-refractivity contribution in [2.75, 3.05) is 5.75 Å². The first-order valence-electron chi connectivity index (χ1n) is 10.6. The van der Waals surface area contributed by atoms with E-state index in [9.17, 15) is 22.0 Å². The topological polar surface area (TPSA) is 90.3 Å². The molecule has 3 atom stereocenters. The number of amides is 1. The summed E-state index contributed by atoms with van der Waals surface area (Å²) in [6, 6.07) is 7.82. The molecule has 2 aromatic rings. The Morgan fingerprint density at radius 2 is 1.91 bits per heavy atom. The number of sulfone groups is 1. The lowest BCUT2D eigenvalue weighted by Gasteiger charge is -2.45. The fourth-order valence-electron chi connectivity index (χ4n) is 4.68. The fraction of sp³-hybridized carbons (Fsp3) is 0.391. The molecule has 0 saturated carbocycles.